The molecule has 1 aromatic carbocycles. The Morgan fingerprint density at radius 3 is 2.34 bits per heavy atom. The van der Waals surface area contributed by atoms with Crippen LogP contribution in [0.2, 0.25) is 0 Å². The van der Waals surface area contributed by atoms with Gasteiger partial charge in [-0.2, -0.15) is 17.9 Å². The number of nitrogens with zero attached hydrogens (tertiary/aromatic N) is 3. The van der Waals surface area contributed by atoms with E-state index in [1.165, 1.54) is 11.6 Å². The molecule has 1 aliphatic carbocycles. The van der Waals surface area contributed by atoms with E-state index >= 15 is 4.39 Å². The third-order valence-electron chi connectivity index (χ3n) is 5.15. The molecule has 0 amide bonds. The highest BCUT2D eigenvalue weighted by Crippen LogP contribution is 2.35. The number of esters is 1. The molecule has 0 bridgehead atoms. The predicted octanol–water partition coefficient (Wildman–Crippen LogP) is 4.26. The van der Waals surface area contributed by atoms with Crippen molar-refractivity contribution in [3.8, 4) is 11.4 Å². The third-order valence-corrected chi connectivity index (χ3v) is 5.15. The van der Waals surface area contributed by atoms with Crippen LogP contribution in [0.4, 0.5) is 17.6 Å². The number of hydrogen-bond acceptors (Lipinski definition) is 5. The van der Waals surface area contributed by atoms with E-state index in [0.717, 1.165) is 36.9 Å². The fourth-order valence-corrected chi connectivity index (χ4v) is 3.18. The maximum atomic E-state index is 15.0. The summed E-state index contributed by atoms with van der Waals surface area (Å²) < 4.78 is 66.5. The minimum absolute atomic E-state index is 0.0546. The van der Waals surface area contributed by atoms with Crippen molar-refractivity contribution in [3.63, 3.8) is 0 Å². The van der Waals surface area contributed by atoms with Crippen molar-refractivity contribution >= 4 is 5.97 Å². The summed E-state index contributed by atoms with van der Waals surface area (Å²) in [4.78, 5) is 25.2. The molecule has 0 N–H and O–H groups in total. The first kappa shape index (κ1) is 23.8. The van der Waals surface area contributed by atoms with Crippen LogP contribution in [0.25, 0.3) is 5.69 Å². The third kappa shape index (κ3) is 4.81. The van der Waals surface area contributed by atoms with Crippen LogP contribution in [0.15, 0.2) is 16.9 Å². The minimum atomic E-state index is -4.74. The Morgan fingerprint density at radius 2 is 1.84 bits per heavy atom. The molecule has 1 aliphatic rings. The van der Waals surface area contributed by atoms with Gasteiger partial charge in [-0.05, 0) is 46.6 Å². The fraction of sp³-hybridized carbons (Fsp3) is 0.571. The Hall–Kier alpha value is -2.85. The van der Waals surface area contributed by atoms with Crippen LogP contribution >= 0.6 is 0 Å². The van der Waals surface area contributed by atoms with E-state index in [9.17, 15) is 22.8 Å². The lowest BCUT2D eigenvalue weighted by atomic mass is 9.85. The van der Waals surface area contributed by atoms with Gasteiger partial charge in [0.15, 0.2) is 6.10 Å². The van der Waals surface area contributed by atoms with Gasteiger partial charge in [-0.25, -0.2) is 14.0 Å². The van der Waals surface area contributed by atoms with E-state index in [1.807, 2.05) is 0 Å². The fourth-order valence-electron chi connectivity index (χ4n) is 3.18. The number of ether oxygens (including phenoxy) is 2. The summed E-state index contributed by atoms with van der Waals surface area (Å²) in [5, 5.41) is 4.20. The molecule has 1 unspecified atom stereocenters. The molecule has 0 saturated heterocycles. The summed E-state index contributed by atoms with van der Waals surface area (Å²) in [5.41, 5.74) is -2.59. The van der Waals surface area contributed by atoms with Gasteiger partial charge in [0.25, 0.3) is 0 Å². The normalized spacial score (nSPS) is 15.9. The summed E-state index contributed by atoms with van der Waals surface area (Å²) >= 11 is 0. The van der Waals surface area contributed by atoms with Gasteiger partial charge in [0.2, 0.25) is 0 Å². The summed E-state index contributed by atoms with van der Waals surface area (Å²) in [6.07, 6.45) is -4.38. The second-order valence-corrected chi connectivity index (χ2v) is 8.84. The highest BCUT2D eigenvalue weighted by molar-refractivity contribution is 5.93. The zero-order valence-electron chi connectivity index (χ0n) is 18.4. The van der Waals surface area contributed by atoms with E-state index in [2.05, 4.69) is 5.10 Å². The van der Waals surface area contributed by atoms with Crippen molar-refractivity contribution in [2.24, 2.45) is 7.05 Å². The maximum absolute atomic E-state index is 15.0. The molecule has 32 heavy (non-hydrogen) atoms. The molecule has 0 spiro atoms. The predicted molar refractivity (Wildman–Crippen MR) is 107 cm³/mol. The molecular weight excluding hydrogens is 434 g/mol. The first-order chi connectivity index (χ1) is 14.7. The topological polar surface area (TPSA) is 75.4 Å². The van der Waals surface area contributed by atoms with Crippen LogP contribution in [-0.4, -0.2) is 38.2 Å². The summed E-state index contributed by atoms with van der Waals surface area (Å²) in [6, 6.07) is 1.57. The molecule has 1 atom stereocenters. The van der Waals surface area contributed by atoms with Gasteiger partial charge in [0.1, 0.15) is 34.2 Å². The summed E-state index contributed by atoms with van der Waals surface area (Å²) in [6.45, 7) is 5.43. The number of benzene rings is 1. The SMILES string of the molecule is CC(Oc1cc(-n2nc(C3CCC3)n(C)c2=O)c(F)cc1C(=O)OC(C)(C)C)C(F)(F)F. The molecule has 1 heterocycles. The number of halogens is 4. The lowest BCUT2D eigenvalue weighted by molar-refractivity contribution is -0.189. The molecule has 0 aliphatic heterocycles. The quantitative estimate of drug-likeness (QED) is 0.493. The molecule has 7 nitrogen and oxygen atoms in total. The maximum Gasteiger partial charge on any atom is 0.425 e. The Bertz CT molecular complexity index is 1080. The Labute approximate surface area is 181 Å². The number of alkyl halides is 3. The highest BCUT2D eigenvalue weighted by Gasteiger charge is 2.39. The molecule has 0 radical (unpaired) electrons. The molecule has 2 aromatic rings. The number of carbonyl (C=O) groups excluding carboxylic acids is 1. The standard InChI is InChI=1S/C21H25F4N3O4/c1-11(21(23,24)25)31-16-10-15(14(22)9-13(16)18(29)32-20(2,3)4)28-19(30)27(5)17(26-28)12-7-6-8-12/h9-12H,6-8H2,1-5H3. The zero-order chi connectivity index (χ0) is 24.0. The van der Waals surface area contributed by atoms with Gasteiger partial charge < -0.3 is 9.47 Å². The second-order valence-electron chi connectivity index (χ2n) is 8.84. The zero-order valence-corrected chi connectivity index (χ0v) is 18.4. The smallest absolute Gasteiger partial charge is 0.425 e. The molecule has 1 aromatic heterocycles. The molecule has 1 fully saturated rings. The summed E-state index contributed by atoms with van der Waals surface area (Å²) in [7, 11) is 1.50. The van der Waals surface area contributed by atoms with Gasteiger partial charge in [0, 0.05) is 19.0 Å². The lowest BCUT2D eigenvalue weighted by Gasteiger charge is -2.23. The van der Waals surface area contributed by atoms with Crippen molar-refractivity contribution in [2.75, 3.05) is 0 Å². The van der Waals surface area contributed by atoms with E-state index in [4.69, 9.17) is 9.47 Å². The van der Waals surface area contributed by atoms with Crippen molar-refractivity contribution < 1.29 is 31.8 Å². The Morgan fingerprint density at radius 1 is 1.22 bits per heavy atom. The monoisotopic (exact) mass is 459 g/mol. The largest absolute Gasteiger partial charge is 0.480 e. The van der Waals surface area contributed by atoms with Gasteiger partial charge in [-0.3, -0.25) is 4.57 Å². The van der Waals surface area contributed by atoms with Gasteiger partial charge in [-0.1, -0.05) is 6.42 Å². The van der Waals surface area contributed by atoms with Gasteiger partial charge in [0.05, 0.1) is 0 Å². The number of rotatable bonds is 5. The number of hydrogen-bond donors (Lipinski definition) is 0. The Balaban J connectivity index is 2.12. The first-order valence-electron chi connectivity index (χ1n) is 10.2. The highest BCUT2D eigenvalue weighted by atomic mass is 19.4. The van der Waals surface area contributed by atoms with Crippen LogP contribution in [0.3, 0.4) is 0 Å². The van der Waals surface area contributed by atoms with E-state index in [1.54, 1.807) is 20.8 Å². The van der Waals surface area contributed by atoms with Gasteiger partial charge in [-0.15, -0.1) is 5.10 Å². The first-order valence-corrected chi connectivity index (χ1v) is 10.2. The number of carbonyl (C=O) groups is 1. The van der Waals surface area contributed by atoms with Crippen LogP contribution in [0.5, 0.6) is 5.75 Å². The van der Waals surface area contributed by atoms with Crippen molar-refractivity contribution in [1.82, 2.24) is 14.3 Å². The molecule has 176 valence electrons. The average Bonchev–Trinajstić information content (AvgIpc) is 2.88. The molecule has 1 saturated carbocycles. The van der Waals surface area contributed by atoms with Crippen molar-refractivity contribution in [3.05, 3.63) is 39.8 Å². The molecular formula is C21H25F4N3O4. The van der Waals surface area contributed by atoms with E-state index < -0.39 is 52.4 Å². The van der Waals surface area contributed by atoms with Crippen LogP contribution in [0.1, 0.15) is 69.1 Å². The number of aromatic nitrogens is 3. The van der Waals surface area contributed by atoms with Crippen LogP contribution in [-0.2, 0) is 11.8 Å². The summed E-state index contributed by atoms with van der Waals surface area (Å²) in [5.74, 6) is -2.14. The van der Waals surface area contributed by atoms with Crippen LogP contribution < -0.4 is 10.4 Å². The lowest BCUT2D eigenvalue weighted by Crippen LogP contribution is -2.32. The second kappa shape index (κ2) is 8.25. The Kier molecular flexibility index (Phi) is 6.14. The van der Waals surface area contributed by atoms with Crippen LogP contribution in [0, 0.1) is 5.82 Å². The van der Waals surface area contributed by atoms with Crippen molar-refractivity contribution in [2.45, 2.75) is 70.8 Å². The van der Waals surface area contributed by atoms with Crippen molar-refractivity contribution in [1.29, 1.82) is 0 Å². The van der Waals surface area contributed by atoms with Gasteiger partial charge >= 0.3 is 17.8 Å². The molecule has 11 heteroatoms. The van der Waals surface area contributed by atoms with E-state index in [0.29, 0.717) is 11.9 Å². The average molecular weight is 459 g/mol. The van der Waals surface area contributed by atoms with E-state index in [-0.39, 0.29) is 5.92 Å². The molecule has 3 rings (SSSR count). The minimum Gasteiger partial charge on any atom is -0.480 e.